The van der Waals surface area contributed by atoms with E-state index in [-0.39, 0.29) is 12.1 Å². The van der Waals surface area contributed by atoms with Crippen LogP contribution in [0.1, 0.15) is 10.4 Å². The summed E-state index contributed by atoms with van der Waals surface area (Å²) in [5, 5.41) is 8.80. The molecule has 1 heterocycles. The second-order valence-corrected chi connectivity index (χ2v) is 4.32. The van der Waals surface area contributed by atoms with E-state index in [1.165, 1.54) is 6.20 Å². The van der Waals surface area contributed by atoms with Crippen LogP contribution in [0.25, 0.3) is 0 Å². The molecule has 0 saturated carbocycles. The van der Waals surface area contributed by atoms with E-state index < -0.39 is 24.2 Å². The van der Waals surface area contributed by atoms with E-state index >= 15 is 0 Å². The highest BCUT2D eigenvalue weighted by Crippen LogP contribution is 2.06. The van der Waals surface area contributed by atoms with Crippen molar-refractivity contribution in [3.8, 4) is 0 Å². The van der Waals surface area contributed by atoms with Gasteiger partial charge in [-0.25, -0.2) is 4.39 Å². The van der Waals surface area contributed by atoms with Gasteiger partial charge in [-0.1, -0.05) is 0 Å². The third-order valence-electron chi connectivity index (χ3n) is 2.38. The fourth-order valence-corrected chi connectivity index (χ4v) is 1.45. The summed E-state index contributed by atoms with van der Waals surface area (Å²) in [6, 6.07) is 1.04. The second kappa shape index (κ2) is 6.79. The zero-order valence-corrected chi connectivity index (χ0v) is 10.8. The Morgan fingerprint density at radius 2 is 2.00 bits per heavy atom. The van der Waals surface area contributed by atoms with Crippen molar-refractivity contribution in [2.24, 2.45) is 0 Å². The minimum Gasteiger partial charge on any atom is -0.480 e. The van der Waals surface area contributed by atoms with Crippen LogP contribution in [-0.2, 0) is 4.79 Å². The van der Waals surface area contributed by atoms with Gasteiger partial charge in [0.25, 0.3) is 5.91 Å². The van der Waals surface area contributed by atoms with Crippen LogP contribution >= 0.6 is 0 Å². The molecule has 7 heteroatoms. The smallest absolute Gasteiger partial charge is 0.323 e. The van der Waals surface area contributed by atoms with Crippen LogP contribution in [0, 0.1) is 5.82 Å². The van der Waals surface area contributed by atoms with E-state index in [0.717, 1.165) is 17.2 Å². The normalized spacial score (nSPS) is 10.5. The summed E-state index contributed by atoms with van der Waals surface area (Å²) in [5.74, 6) is -2.29. The molecular weight excluding hydrogens is 253 g/mol. The molecule has 1 aromatic rings. The number of carbonyl (C=O) groups is 2. The number of carboxylic acids is 1. The fraction of sp³-hybridized carbons (Fsp3) is 0.417. The van der Waals surface area contributed by atoms with Gasteiger partial charge in [-0.3, -0.25) is 14.6 Å². The Morgan fingerprint density at radius 3 is 2.53 bits per heavy atom. The molecular formula is C12H16FN3O3. The van der Waals surface area contributed by atoms with Crippen molar-refractivity contribution >= 4 is 11.9 Å². The molecule has 6 nitrogen and oxygen atoms in total. The number of hydrogen-bond donors (Lipinski definition) is 1. The van der Waals surface area contributed by atoms with Gasteiger partial charge in [0.15, 0.2) is 0 Å². The standard InChI is InChI=1S/C12H16FN3O3/c1-15(2)3-4-16(8-11(17)18)12(19)9-5-10(13)7-14-6-9/h5-7H,3-4,8H2,1-2H3,(H,17,18). The number of carboxylic acid groups (broad SMARTS) is 1. The summed E-state index contributed by atoms with van der Waals surface area (Å²) >= 11 is 0. The third-order valence-corrected chi connectivity index (χ3v) is 2.38. The highest BCUT2D eigenvalue weighted by Gasteiger charge is 2.19. The Balaban J connectivity index is 2.83. The molecule has 104 valence electrons. The Hall–Kier alpha value is -2.02. The van der Waals surface area contributed by atoms with Gasteiger partial charge in [0.1, 0.15) is 12.4 Å². The largest absolute Gasteiger partial charge is 0.480 e. The average Bonchev–Trinajstić information content (AvgIpc) is 2.33. The number of likely N-dealkylation sites (N-methyl/N-ethyl adjacent to an activating group) is 1. The van der Waals surface area contributed by atoms with Crippen molar-refractivity contribution in [3.63, 3.8) is 0 Å². The summed E-state index contributed by atoms with van der Waals surface area (Å²) in [5.41, 5.74) is 0.0417. The highest BCUT2D eigenvalue weighted by atomic mass is 19.1. The van der Waals surface area contributed by atoms with Gasteiger partial charge in [-0.05, 0) is 20.2 Å². The molecule has 0 fully saturated rings. The van der Waals surface area contributed by atoms with Gasteiger partial charge in [0, 0.05) is 19.3 Å². The molecule has 1 N–H and O–H groups in total. The van der Waals surface area contributed by atoms with Crippen LogP contribution in [0.15, 0.2) is 18.5 Å². The van der Waals surface area contributed by atoms with Crippen LogP contribution in [0.3, 0.4) is 0 Å². The lowest BCUT2D eigenvalue weighted by molar-refractivity contribution is -0.137. The zero-order chi connectivity index (χ0) is 14.4. The molecule has 19 heavy (non-hydrogen) atoms. The second-order valence-electron chi connectivity index (χ2n) is 4.32. The molecule has 0 unspecified atom stereocenters. The summed E-state index contributed by atoms with van der Waals surface area (Å²) in [6.45, 7) is 0.333. The molecule has 0 aliphatic carbocycles. The van der Waals surface area contributed by atoms with E-state index in [2.05, 4.69) is 4.98 Å². The quantitative estimate of drug-likeness (QED) is 0.804. The van der Waals surface area contributed by atoms with E-state index in [9.17, 15) is 14.0 Å². The SMILES string of the molecule is CN(C)CCN(CC(=O)O)C(=O)c1cncc(F)c1. The van der Waals surface area contributed by atoms with Crippen LogP contribution in [0.2, 0.25) is 0 Å². The number of halogens is 1. The Labute approximate surface area is 110 Å². The molecule has 0 bridgehead atoms. The van der Waals surface area contributed by atoms with Crippen molar-refractivity contribution < 1.29 is 19.1 Å². The molecule has 0 saturated heterocycles. The third kappa shape index (κ3) is 5.01. The highest BCUT2D eigenvalue weighted by molar-refractivity contribution is 5.95. The van der Waals surface area contributed by atoms with Crippen molar-refractivity contribution in [2.75, 3.05) is 33.7 Å². The predicted octanol–water partition coefficient (Wildman–Crippen LogP) is 0.309. The van der Waals surface area contributed by atoms with Gasteiger partial charge >= 0.3 is 5.97 Å². The number of carbonyl (C=O) groups excluding carboxylic acids is 1. The lowest BCUT2D eigenvalue weighted by Gasteiger charge is -2.22. The van der Waals surface area contributed by atoms with Crippen LogP contribution in [-0.4, -0.2) is 65.5 Å². The van der Waals surface area contributed by atoms with Crippen LogP contribution in [0.5, 0.6) is 0 Å². The number of hydrogen-bond acceptors (Lipinski definition) is 4. The first-order valence-corrected chi connectivity index (χ1v) is 5.66. The summed E-state index contributed by atoms with van der Waals surface area (Å²) in [7, 11) is 3.63. The lowest BCUT2D eigenvalue weighted by atomic mass is 10.2. The lowest BCUT2D eigenvalue weighted by Crippen LogP contribution is -2.40. The first-order chi connectivity index (χ1) is 8.90. The van der Waals surface area contributed by atoms with Crippen molar-refractivity contribution in [1.82, 2.24) is 14.8 Å². The number of rotatable bonds is 6. The van der Waals surface area contributed by atoms with Crippen molar-refractivity contribution in [2.45, 2.75) is 0 Å². The maximum atomic E-state index is 13.0. The maximum absolute atomic E-state index is 13.0. The van der Waals surface area contributed by atoms with E-state index in [0.29, 0.717) is 6.54 Å². The minimum atomic E-state index is -1.11. The van der Waals surface area contributed by atoms with Crippen LogP contribution < -0.4 is 0 Å². The Kier molecular flexibility index (Phi) is 5.37. The van der Waals surface area contributed by atoms with Crippen molar-refractivity contribution in [3.05, 3.63) is 29.8 Å². The van der Waals surface area contributed by atoms with Crippen LogP contribution in [0.4, 0.5) is 4.39 Å². The average molecular weight is 269 g/mol. The van der Waals surface area contributed by atoms with E-state index in [4.69, 9.17) is 5.11 Å². The molecule has 0 atom stereocenters. The molecule has 0 spiro atoms. The minimum absolute atomic E-state index is 0.0417. The number of pyridine rings is 1. The number of nitrogens with zero attached hydrogens (tertiary/aromatic N) is 3. The predicted molar refractivity (Wildman–Crippen MR) is 66.3 cm³/mol. The van der Waals surface area contributed by atoms with Gasteiger partial charge in [-0.15, -0.1) is 0 Å². The molecule has 1 rings (SSSR count). The molecule has 1 amide bonds. The summed E-state index contributed by atoms with van der Waals surface area (Å²) in [6.07, 6.45) is 2.20. The van der Waals surface area contributed by atoms with Gasteiger partial charge in [0.05, 0.1) is 11.8 Å². The van der Waals surface area contributed by atoms with Gasteiger partial charge in [-0.2, -0.15) is 0 Å². The maximum Gasteiger partial charge on any atom is 0.323 e. The number of aliphatic carboxylic acids is 1. The first-order valence-electron chi connectivity index (χ1n) is 5.66. The molecule has 0 radical (unpaired) electrons. The monoisotopic (exact) mass is 269 g/mol. The number of amides is 1. The molecule has 1 aromatic heterocycles. The molecule has 0 aliphatic heterocycles. The topological polar surface area (TPSA) is 73.7 Å². The summed E-state index contributed by atoms with van der Waals surface area (Å²) < 4.78 is 13.0. The molecule has 0 aromatic carbocycles. The first kappa shape index (κ1) is 15.0. The van der Waals surface area contributed by atoms with Gasteiger partial charge in [0.2, 0.25) is 0 Å². The zero-order valence-electron chi connectivity index (χ0n) is 10.8. The summed E-state index contributed by atoms with van der Waals surface area (Å²) in [4.78, 5) is 29.4. The van der Waals surface area contributed by atoms with E-state index in [1.807, 2.05) is 19.0 Å². The molecule has 0 aliphatic rings. The fourth-order valence-electron chi connectivity index (χ4n) is 1.45. The Bertz CT molecular complexity index is 465. The van der Waals surface area contributed by atoms with Gasteiger partial charge < -0.3 is 14.9 Å². The van der Waals surface area contributed by atoms with E-state index in [1.54, 1.807) is 0 Å². The number of aromatic nitrogens is 1. The van der Waals surface area contributed by atoms with Crippen molar-refractivity contribution in [1.29, 1.82) is 0 Å². The Morgan fingerprint density at radius 1 is 1.32 bits per heavy atom.